The Morgan fingerprint density at radius 2 is 1.43 bits per heavy atom. The number of amides is 1. The lowest BCUT2D eigenvalue weighted by atomic mass is 10.1. The Balaban J connectivity index is 1.20. The molecule has 1 fully saturated rings. The number of rotatable bonds is 6. The van der Waals surface area contributed by atoms with Crippen LogP contribution in [0.2, 0.25) is 0 Å². The van der Waals surface area contributed by atoms with Crippen molar-refractivity contribution in [3.63, 3.8) is 0 Å². The van der Waals surface area contributed by atoms with E-state index in [0.717, 1.165) is 49.8 Å². The van der Waals surface area contributed by atoms with Crippen LogP contribution in [0.25, 0.3) is 5.69 Å². The standard InChI is InChI=1S/C29H31N5O/c1-22-28(23(2)34(31-22)27-11-7-4-8-12-27)29(35)30-25-13-15-26(16-14-25)33-19-17-32(18-20-33)21-24-9-5-3-6-10-24/h3-16H,17-21H2,1-2H3,(H,30,35). The van der Waals surface area contributed by atoms with E-state index < -0.39 is 0 Å². The highest BCUT2D eigenvalue weighted by Crippen LogP contribution is 2.23. The summed E-state index contributed by atoms with van der Waals surface area (Å²) in [7, 11) is 0. The van der Waals surface area contributed by atoms with Gasteiger partial charge in [0.1, 0.15) is 0 Å². The maximum Gasteiger partial charge on any atom is 0.259 e. The number of aromatic nitrogens is 2. The van der Waals surface area contributed by atoms with Gasteiger partial charge >= 0.3 is 0 Å². The highest BCUT2D eigenvalue weighted by atomic mass is 16.1. The molecule has 35 heavy (non-hydrogen) atoms. The van der Waals surface area contributed by atoms with Gasteiger partial charge in [0.25, 0.3) is 5.91 Å². The predicted octanol–water partition coefficient (Wildman–Crippen LogP) is 5.06. The van der Waals surface area contributed by atoms with Crippen LogP contribution < -0.4 is 10.2 Å². The Morgan fingerprint density at radius 3 is 2.09 bits per heavy atom. The summed E-state index contributed by atoms with van der Waals surface area (Å²) in [5, 5.41) is 7.65. The molecule has 0 bridgehead atoms. The maximum absolute atomic E-state index is 13.1. The van der Waals surface area contributed by atoms with Crippen molar-refractivity contribution in [2.75, 3.05) is 36.4 Å². The zero-order valence-corrected chi connectivity index (χ0v) is 20.3. The third-order valence-electron chi connectivity index (χ3n) is 6.63. The predicted molar refractivity (Wildman–Crippen MR) is 141 cm³/mol. The van der Waals surface area contributed by atoms with Gasteiger partial charge in [-0.1, -0.05) is 48.5 Å². The van der Waals surface area contributed by atoms with E-state index in [1.165, 1.54) is 11.3 Å². The van der Waals surface area contributed by atoms with Gasteiger partial charge in [-0.3, -0.25) is 9.69 Å². The molecule has 1 aliphatic heterocycles. The average molecular weight is 466 g/mol. The first-order valence-electron chi connectivity index (χ1n) is 12.1. The molecule has 5 rings (SSSR count). The van der Waals surface area contributed by atoms with Crippen LogP contribution in [0, 0.1) is 13.8 Å². The number of piperazine rings is 1. The Morgan fingerprint density at radius 1 is 0.800 bits per heavy atom. The van der Waals surface area contributed by atoms with Crippen molar-refractivity contribution < 1.29 is 4.79 Å². The van der Waals surface area contributed by atoms with Gasteiger partial charge in [0.05, 0.1) is 22.6 Å². The minimum atomic E-state index is -0.135. The first-order valence-corrected chi connectivity index (χ1v) is 12.1. The van der Waals surface area contributed by atoms with Crippen molar-refractivity contribution in [2.45, 2.75) is 20.4 Å². The van der Waals surface area contributed by atoms with Crippen LogP contribution >= 0.6 is 0 Å². The zero-order valence-electron chi connectivity index (χ0n) is 20.3. The minimum Gasteiger partial charge on any atom is -0.369 e. The molecule has 0 spiro atoms. The van der Waals surface area contributed by atoms with E-state index in [2.05, 4.69) is 62.7 Å². The number of hydrogen-bond donors (Lipinski definition) is 1. The second-order valence-corrected chi connectivity index (χ2v) is 9.04. The number of carbonyl (C=O) groups excluding carboxylic acids is 1. The van der Waals surface area contributed by atoms with Gasteiger partial charge in [0.15, 0.2) is 0 Å². The lowest BCUT2D eigenvalue weighted by Gasteiger charge is -2.36. The average Bonchev–Trinajstić information content (AvgIpc) is 3.20. The van der Waals surface area contributed by atoms with Gasteiger partial charge in [0.2, 0.25) is 0 Å². The molecule has 4 aromatic rings. The van der Waals surface area contributed by atoms with E-state index >= 15 is 0 Å². The summed E-state index contributed by atoms with van der Waals surface area (Å²) in [6.07, 6.45) is 0. The van der Waals surface area contributed by atoms with E-state index in [9.17, 15) is 4.79 Å². The smallest absolute Gasteiger partial charge is 0.259 e. The van der Waals surface area contributed by atoms with Crippen molar-refractivity contribution >= 4 is 17.3 Å². The second-order valence-electron chi connectivity index (χ2n) is 9.04. The van der Waals surface area contributed by atoms with Gasteiger partial charge in [-0.2, -0.15) is 5.10 Å². The molecule has 0 radical (unpaired) electrons. The number of carbonyl (C=O) groups is 1. The highest BCUT2D eigenvalue weighted by Gasteiger charge is 2.20. The van der Waals surface area contributed by atoms with E-state index in [1.54, 1.807) is 0 Å². The van der Waals surface area contributed by atoms with Crippen molar-refractivity contribution in [1.29, 1.82) is 0 Å². The fourth-order valence-corrected chi connectivity index (χ4v) is 4.75. The van der Waals surface area contributed by atoms with Crippen LogP contribution in [-0.2, 0) is 6.54 Å². The van der Waals surface area contributed by atoms with Gasteiger partial charge in [0, 0.05) is 44.1 Å². The number of aryl methyl sites for hydroxylation is 1. The fraction of sp³-hybridized carbons (Fsp3) is 0.241. The van der Waals surface area contributed by atoms with Crippen molar-refractivity contribution in [1.82, 2.24) is 14.7 Å². The van der Waals surface area contributed by atoms with E-state index in [4.69, 9.17) is 0 Å². The SMILES string of the molecule is Cc1nn(-c2ccccc2)c(C)c1C(=O)Nc1ccc(N2CCN(Cc3ccccc3)CC2)cc1. The van der Waals surface area contributed by atoms with E-state index in [1.807, 2.05) is 61.0 Å². The highest BCUT2D eigenvalue weighted by molar-refractivity contribution is 6.06. The number of nitrogens with zero attached hydrogens (tertiary/aromatic N) is 4. The molecule has 1 amide bonds. The van der Waals surface area contributed by atoms with Crippen LogP contribution in [0.4, 0.5) is 11.4 Å². The number of anilines is 2. The zero-order chi connectivity index (χ0) is 24.2. The number of benzene rings is 3. The Labute approximate surface area is 206 Å². The number of para-hydroxylation sites is 1. The Kier molecular flexibility index (Phi) is 6.64. The summed E-state index contributed by atoms with van der Waals surface area (Å²) >= 11 is 0. The van der Waals surface area contributed by atoms with Crippen LogP contribution in [0.3, 0.4) is 0 Å². The molecule has 1 aromatic heterocycles. The van der Waals surface area contributed by atoms with Crippen molar-refractivity contribution in [3.05, 3.63) is 107 Å². The third kappa shape index (κ3) is 5.12. The number of hydrogen-bond acceptors (Lipinski definition) is 4. The van der Waals surface area contributed by atoms with Crippen LogP contribution in [0.1, 0.15) is 27.3 Å². The minimum absolute atomic E-state index is 0.135. The summed E-state index contributed by atoms with van der Waals surface area (Å²) < 4.78 is 1.82. The molecule has 3 aromatic carbocycles. The molecule has 0 atom stereocenters. The fourth-order valence-electron chi connectivity index (χ4n) is 4.75. The largest absolute Gasteiger partial charge is 0.369 e. The quantitative estimate of drug-likeness (QED) is 0.432. The van der Waals surface area contributed by atoms with E-state index in [0.29, 0.717) is 11.3 Å². The normalized spacial score (nSPS) is 14.2. The van der Waals surface area contributed by atoms with Gasteiger partial charge < -0.3 is 10.2 Å². The molecular weight excluding hydrogens is 434 g/mol. The van der Waals surface area contributed by atoms with Gasteiger partial charge in [-0.25, -0.2) is 4.68 Å². The third-order valence-corrected chi connectivity index (χ3v) is 6.63. The summed E-state index contributed by atoms with van der Waals surface area (Å²) in [4.78, 5) is 18.0. The first kappa shape index (κ1) is 22.9. The lowest BCUT2D eigenvalue weighted by molar-refractivity contribution is 0.102. The van der Waals surface area contributed by atoms with Gasteiger partial charge in [-0.15, -0.1) is 0 Å². The summed E-state index contributed by atoms with van der Waals surface area (Å²) in [6, 6.07) is 28.7. The molecule has 0 unspecified atom stereocenters. The topological polar surface area (TPSA) is 53.4 Å². The summed E-state index contributed by atoms with van der Waals surface area (Å²) in [5.41, 5.74) is 6.44. The van der Waals surface area contributed by atoms with Crippen LogP contribution in [0.15, 0.2) is 84.9 Å². The molecule has 6 heteroatoms. The van der Waals surface area contributed by atoms with Gasteiger partial charge in [-0.05, 0) is 55.8 Å². The van der Waals surface area contributed by atoms with Crippen LogP contribution in [0.5, 0.6) is 0 Å². The summed E-state index contributed by atoms with van der Waals surface area (Å²) in [5.74, 6) is -0.135. The van der Waals surface area contributed by atoms with E-state index in [-0.39, 0.29) is 5.91 Å². The molecule has 2 heterocycles. The summed E-state index contributed by atoms with van der Waals surface area (Å²) in [6.45, 7) is 8.88. The first-order chi connectivity index (χ1) is 17.1. The Bertz CT molecular complexity index is 1270. The lowest BCUT2D eigenvalue weighted by Crippen LogP contribution is -2.45. The second kappa shape index (κ2) is 10.2. The molecule has 0 saturated carbocycles. The molecule has 6 nitrogen and oxygen atoms in total. The van der Waals surface area contributed by atoms with Crippen molar-refractivity contribution in [2.24, 2.45) is 0 Å². The van der Waals surface area contributed by atoms with Crippen molar-refractivity contribution in [3.8, 4) is 5.69 Å². The van der Waals surface area contributed by atoms with Crippen LogP contribution in [-0.4, -0.2) is 46.8 Å². The molecule has 1 N–H and O–H groups in total. The molecule has 0 aliphatic carbocycles. The number of nitrogens with one attached hydrogen (secondary N) is 1. The maximum atomic E-state index is 13.1. The Hall–Kier alpha value is -3.90. The molecule has 178 valence electrons. The molecule has 1 aliphatic rings. The monoisotopic (exact) mass is 465 g/mol. The molecular formula is C29H31N5O. The molecule has 1 saturated heterocycles.